The van der Waals surface area contributed by atoms with Gasteiger partial charge in [0.05, 0.1) is 17.9 Å². The van der Waals surface area contributed by atoms with Crippen molar-refractivity contribution in [3.8, 4) is 0 Å². The molecule has 3 rings (SSSR count). The van der Waals surface area contributed by atoms with E-state index >= 15 is 0 Å². The minimum absolute atomic E-state index is 0.198. The molecule has 2 aromatic rings. The van der Waals surface area contributed by atoms with Crippen LogP contribution in [0.2, 0.25) is 0 Å². The maximum Gasteiger partial charge on any atom is 0.314 e. The second-order valence-electron chi connectivity index (χ2n) is 6.66. The number of carbonyl (C=O) groups is 2. The summed E-state index contributed by atoms with van der Waals surface area (Å²) in [6.07, 6.45) is 5.64. The maximum atomic E-state index is 12.7. The SMILES string of the molecule is CCc1ccc([C@H]2C[C@H](C)CCN2C(=O)C(=O)Nc2cnn(C)c2)o1. The predicted molar refractivity (Wildman–Crippen MR) is 92.8 cm³/mol. The lowest BCUT2D eigenvalue weighted by molar-refractivity contribution is -0.146. The van der Waals surface area contributed by atoms with Gasteiger partial charge in [0.25, 0.3) is 0 Å². The molecule has 1 N–H and O–H groups in total. The van der Waals surface area contributed by atoms with Crippen LogP contribution in [0.3, 0.4) is 0 Å². The van der Waals surface area contributed by atoms with Gasteiger partial charge in [-0.2, -0.15) is 5.10 Å². The lowest BCUT2D eigenvalue weighted by Gasteiger charge is -2.36. The molecular weight excluding hydrogens is 320 g/mol. The second-order valence-corrected chi connectivity index (χ2v) is 6.66. The van der Waals surface area contributed by atoms with Crippen molar-refractivity contribution >= 4 is 17.5 Å². The first-order valence-corrected chi connectivity index (χ1v) is 8.67. The van der Waals surface area contributed by atoms with Crippen molar-refractivity contribution in [3.05, 3.63) is 36.0 Å². The highest BCUT2D eigenvalue weighted by Gasteiger charge is 2.35. The number of aryl methyl sites for hydroxylation is 2. The minimum atomic E-state index is -0.644. The normalized spacial score (nSPS) is 20.5. The van der Waals surface area contributed by atoms with Crippen molar-refractivity contribution in [3.63, 3.8) is 0 Å². The molecule has 7 heteroatoms. The highest BCUT2D eigenvalue weighted by molar-refractivity contribution is 6.39. The lowest BCUT2D eigenvalue weighted by Crippen LogP contribution is -2.45. The Morgan fingerprint density at radius 2 is 2.20 bits per heavy atom. The number of likely N-dealkylation sites (tertiary alicyclic amines) is 1. The molecule has 0 aromatic carbocycles. The fraction of sp³-hybridized carbons (Fsp3) is 0.500. The third-order valence-electron chi connectivity index (χ3n) is 4.64. The smallest absolute Gasteiger partial charge is 0.314 e. The average molecular weight is 344 g/mol. The molecule has 0 saturated carbocycles. The van der Waals surface area contributed by atoms with E-state index in [9.17, 15) is 9.59 Å². The molecule has 0 aliphatic carbocycles. The zero-order valence-corrected chi connectivity index (χ0v) is 14.9. The Morgan fingerprint density at radius 1 is 1.40 bits per heavy atom. The highest BCUT2D eigenvalue weighted by Crippen LogP contribution is 2.35. The molecule has 134 valence electrons. The zero-order valence-electron chi connectivity index (χ0n) is 14.9. The summed E-state index contributed by atoms with van der Waals surface area (Å²) < 4.78 is 7.43. The summed E-state index contributed by atoms with van der Waals surface area (Å²) in [5.74, 6) is 0.946. The van der Waals surface area contributed by atoms with Gasteiger partial charge in [0, 0.05) is 26.2 Å². The summed E-state index contributed by atoms with van der Waals surface area (Å²) in [6.45, 7) is 4.73. The quantitative estimate of drug-likeness (QED) is 0.868. The van der Waals surface area contributed by atoms with Gasteiger partial charge < -0.3 is 14.6 Å². The number of aromatic nitrogens is 2. The zero-order chi connectivity index (χ0) is 18.0. The third kappa shape index (κ3) is 3.75. The Balaban J connectivity index is 1.76. The number of amides is 2. The Morgan fingerprint density at radius 3 is 2.84 bits per heavy atom. The molecular formula is C18H24N4O3. The Hall–Kier alpha value is -2.57. The van der Waals surface area contributed by atoms with Gasteiger partial charge in [-0.15, -0.1) is 0 Å². The number of carbonyl (C=O) groups excluding carboxylic acids is 2. The molecule has 7 nitrogen and oxygen atoms in total. The molecule has 0 bridgehead atoms. The van der Waals surface area contributed by atoms with Crippen LogP contribution in [0.5, 0.6) is 0 Å². The van der Waals surface area contributed by atoms with E-state index in [-0.39, 0.29) is 6.04 Å². The average Bonchev–Trinajstić information content (AvgIpc) is 3.23. The molecule has 0 unspecified atom stereocenters. The van der Waals surface area contributed by atoms with Crippen molar-refractivity contribution in [1.82, 2.24) is 14.7 Å². The fourth-order valence-corrected chi connectivity index (χ4v) is 3.22. The van der Waals surface area contributed by atoms with Crippen molar-refractivity contribution in [2.24, 2.45) is 13.0 Å². The van der Waals surface area contributed by atoms with Gasteiger partial charge >= 0.3 is 11.8 Å². The van der Waals surface area contributed by atoms with Gasteiger partial charge in [0.1, 0.15) is 11.5 Å². The van der Waals surface area contributed by atoms with E-state index in [1.807, 2.05) is 19.1 Å². The van der Waals surface area contributed by atoms with E-state index in [0.717, 1.165) is 30.8 Å². The van der Waals surface area contributed by atoms with Crippen LogP contribution >= 0.6 is 0 Å². The number of rotatable bonds is 3. The lowest BCUT2D eigenvalue weighted by atomic mass is 9.91. The topological polar surface area (TPSA) is 80.4 Å². The van der Waals surface area contributed by atoms with E-state index in [1.54, 1.807) is 22.8 Å². The second kappa shape index (κ2) is 7.13. The van der Waals surface area contributed by atoms with E-state index in [4.69, 9.17) is 4.42 Å². The molecule has 1 saturated heterocycles. The molecule has 0 radical (unpaired) electrons. The molecule has 2 amide bonds. The van der Waals surface area contributed by atoms with Crippen molar-refractivity contribution in [2.75, 3.05) is 11.9 Å². The number of furan rings is 1. The summed E-state index contributed by atoms with van der Waals surface area (Å²) in [4.78, 5) is 26.7. The first-order chi connectivity index (χ1) is 12.0. The number of nitrogens with one attached hydrogen (secondary N) is 1. The van der Waals surface area contributed by atoms with Gasteiger partial charge in [0.15, 0.2) is 0 Å². The van der Waals surface area contributed by atoms with Crippen LogP contribution in [0.4, 0.5) is 5.69 Å². The summed E-state index contributed by atoms with van der Waals surface area (Å²) in [5.41, 5.74) is 0.508. The van der Waals surface area contributed by atoms with Crippen molar-refractivity contribution < 1.29 is 14.0 Å². The van der Waals surface area contributed by atoms with Gasteiger partial charge in [-0.1, -0.05) is 13.8 Å². The first-order valence-electron chi connectivity index (χ1n) is 8.67. The molecule has 1 aliphatic heterocycles. The van der Waals surface area contributed by atoms with Crippen LogP contribution < -0.4 is 5.32 Å². The van der Waals surface area contributed by atoms with E-state index < -0.39 is 11.8 Å². The summed E-state index contributed by atoms with van der Waals surface area (Å²) in [7, 11) is 1.75. The van der Waals surface area contributed by atoms with Gasteiger partial charge in [-0.3, -0.25) is 14.3 Å². The number of anilines is 1. The number of piperidine rings is 1. The van der Waals surface area contributed by atoms with E-state index in [2.05, 4.69) is 17.3 Å². The molecule has 25 heavy (non-hydrogen) atoms. The minimum Gasteiger partial charge on any atom is -0.464 e. The van der Waals surface area contributed by atoms with Crippen LogP contribution in [-0.4, -0.2) is 33.0 Å². The standard InChI is InChI=1S/C18H24N4O3/c1-4-14-5-6-16(25-14)15-9-12(2)7-8-22(15)18(24)17(23)20-13-10-19-21(3)11-13/h5-6,10-12,15H,4,7-9H2,1-3H3,(H,20,23)/t12-,15-/m1/s1. The van der Waals surface area contributed by atoms with Crippen LogP contribution in [-0.2, 0) is 23.1 Å². The van der Waals surface area contributed by atoms with Gasteiger partial charge in [-0.05, 0) is 30.9 Å². The number of nitrogens with zero attached hydrogens (tertiary/aromatic N) is 3. The molecule has 1 aliphatic rings. The van der Waals surface area contributed by atoms with Crippen molar-refractivity contribution in [1.29, 1.82) is 0 Å². The molecule has 2 atom stereocenters. The van der Waals surface area contributed by atoms with Crippen LogP contribution in [0.15, 0.2) is 28.9 Å². The Labute approximate surface area is 147 Å². The van der Waals surface area contributed by atoms with Crippen LogP contribution in [0.1, 0.15) is 44.3 Å². The van der Waals surface area contributed by atoms with E-state index in [1.165, 1.54) is 6.20 Å². The third-order valence-corrected chi connectivity index (χ3v) is 4.64. The molecule has 1 fully saturated rings. The molecule has 0 spiro atoms. The molecule has 2 aromatic heterocycles. The summed E-state index contributed by atoms with van der Waals surface area (Å²) >= 11 is 0. The van der Waals surface area contributed by atoms with Crippen LogP contribution in [0.25, 0.3) is 0 Å². The molecule has 3 heterocycles. The largest absolute Gasteiger partial charge is 0.464 e. The predicted octanol–water partition coefficient (Wildman–Crippen LogP) is 2.51. The van der Waals surface area contributed by atoms with Crippen molar-refractivity contribution in [2.45, 2.75) is 39.2 Å². The summed E-state index contributed by atoms with van der Waals surface area (Å²) in [6, 6.07) is 3.66. The monoisotopic (exact) mass is 344 g/mol. The van der Waals surface area contributed by atoms with Gasteiger partial charge in [-0.25, -0.2) is 0 Å². The Bertz CT molecular complexity index is 764. The summed E-state index contributed by atoms with van der Waals surface area (Å²) in [5, 5.41) is 6.60. The maximum absolute atomic E-state index is 12.7. The number of hydrogen-bond acceptors (Lipinski definition) is 4. The van der Waals surface area contributed by atoms with Gasteiger partial charge in [0.2, 0.25) is 0 Å². The fourth-order valence-electron chi connectivity index (χ4n) is 3.22. The van der Waals surface area contributed by atoms with Crippen LogP contribution in [0, 0.1) is 5.92 Å². The highest BCUT2D eigenvalue weighted by atomic mass is 16.3. The first kappa shape index (κ1) is 17.3. The Kier molecular flexibility index (Phi) is 4.92. The van der Waals surface area contributed by atoms with E-state index in [0.29, 0.717) is 18.2 Å². The number of hydrogen-bond donors (Lipinski definition) is 1.